The number of aromatic nitrogens is 1. The number of hydrogen-bond acceptors (Lipinski definition) is 5. The van der Waals surface area contributed by atoms with Gasteiger partial charge in [-0.2, -0.15) is 0 Å². The SMILES string of the molecule is O=C(NCC(=O)N1CCN(c2ccc(OCc3ccccc3)cn2)CC1)c1ccc(I)cc1. The summed E-state index contributed by atoms with van der Waals surface area (Å²) in [6.07, 6.45) is 1.73. The third kappa shape index (κ3) is 6.44. The van der Waals surface area contributed by atoms with Crippen LogP contribution in [0.1, 0.15) is 15.9 Å². The summed E-state index contributed by atoms with van der Waals surface area (Å²) >= 11 is 2.19. The molecule has 1 saturated heterocycles. The van der Waals surface area contributed by atoms with Crippen molar-refractivity contribution < 1.29 is 14.3 Å². The van der Waals surface area contributed by atoms with Gasteiger partial charge >= 0.3 is 0 Å². The van der Waals surface area contributed by atoms with E-state index in [0.717, 1.165) is 20.7 Å². The van der Waals surface area contributed by atoms with E-state index in [1.165, 1.54) is 0 Å². The van der Waals surface area contributed by atoms with Crippen molar-refractivity contribution in [1.82, 2.24) is 15.2 Å². The van der Waals surface area contributed by atoms with Gasteiger partial charge < -0.3 is 19.9 Å². The first-order valence-electron chi connectivity index (χ1n) is 10.8. The van der Waals surface area contributed by atoms with Crippen LogP contribution in [0.25, 0.3) is 0 Å². The van der Waals surface area contributed by atoms with Crippen LogP contribution in [0, 0.1) is 3.57 Å². The summed E-state index contributed by atoms with van der Waals surface area (Å²) < 4.78 is 6.86. The monoisotopic (exact) mass is 556 g/mol. The van der Waals surface area contributed by atoms with E-state index in [9.17, 15) is 9.59 Å². The van der Waals surface area contributed by atoms with Crippen LogP contribution in [0.3, 0.4) is 0 Å². The van der Waals surface area contributed by atoms with Crippen LogP contribution in [0.15, 0.2) is 72.9 Å². The van der Waals surface area contributed by atoms with E-state index < -0.39 is 0 Å². The lowest BCUT2D eigenvalue weighted by Gasteiger charge is -2.35. The predicted molar refractivity (Wildman–Crippen MR) is 135 cm³/mol. The number of nitrogens with zero attached hydrogens (tertiary/aromatic N) is 3. The maximum absolute atomic E-state index is 12.5. The first kappa shape index (κ1) is 23.0. The summed E-state index contributed by atoms with van der Waals surface area (Å²) in [6, 6.07) is 21.1. The highest BCUT2D eigenvalue weighted by Crippen LogP contribution is 2.18. The number of nitrogens with one attached hydrogen (secondary N) is 1. The Kier molecular flexibility index (Phi) is 7.77. The average molecular weight is 556 g/mol. The van der Waals surface area contributed by atoms with Gasteiger partial charge in [0.25, 0.3) is 5.91 Å². The van der Waals surface area contributed by atoms with Gasteiger partial charge in [-0.1, -0.05) is 30.3 Å². The molecule has 1 aromatic heterocycles. The zero-order chi connectivity index (χ0) is 23.0. The van der Waals surface area contributed by atoms with Gasteiger partial charge in [-0.3, -0.25) is 9.59 Å². The van der Waals surface area contributed by atoms with E-state index >= 15 is 0 Å². The smallest absolute Gasteiger partial charge is 0.251 e. The lowest BCUT2D eigenvalue weighted by Crippen LogP contribution is -2.51. The zero-order valence-electron chi connectivity index (χ0n) is 18.1. The topological polar surface area (TPSA) is 74.8 Å². The van der Waals surface area contributed by atoms with E-state index in [0.29, 0.717) is 38.3 Å². The Hall–Kier alpha value is -3.14. The second-order valence-electron chi connectivity index (χ2n) is 7.68. The van der Waals surface area contributed by atoms with Crippen molar-refractivity contribution in [2.45, 2.75) is 6.61 Å². The number of carbonyl (C=O) groups is 2. The Morgan fingerprint density at radius 1 is 0.939 bits per heavy atom. The Morgan fingerprint density at radius 3 is 2.33 bits per heavy atom. The summed E-state index contributed by atoms with van der Waals surface area (Å²) in [4.78, 5) is 33.2. The molecule has 0 spiro atoms. The van der Waals surface area contributed by atoms with E-state index in [1.54, 1.807) is 23.2 Å². The van der Waals surface area contributed by atoms with Gasteiger partial charge in [-0.05, 0) is 64.6 Å². The first-order chi connectivity index (χ1) is 16.1. The maximum Gasteiger partial charge on any atom is 0.251 e. The van der Waals surface area contributed by atoms with Gasteiger partial charge in [-0.25, -0.2) is 4.98 Å². The number of halogens is 1. The first-order valence-corrected chi connectivity index (χ1v) is 11.9. The van der Waals surface area contributed by atoms with E-state index in [-0.39, 0.29) is 18.4 Å². The van der Waals surface area contributed by atoms with Gasteiger partial charge in [0.15, 0.2) is 0 Å². The molecular formula is C25H25IN4O3. The lowest BCUT2D eigenvalue weighted by molar-refractivity contribution is -0.130. The second kappa shape index (κ2) is 11.1. The normalized spacial score (nSPS) is 13.5. The number of anilines is 1. The largest absolute Gasteiger partial charge is 0.487 e. The fourth-order valence-corrected chi connectivity index (χ4v) is 3.90. The Bertz CT molecular complexity index is 1070. The van der Waals surface area contributed by atoms with Crippen LogP contribution in [-0.4, -0.2) is 54.4 Å². The number of piperazine rings is 1. The van der Waals surface area contributed by atoms with Gasteiger partial charge in [-0.15, -0.1) is 0 Å². The van der Waals surface area contributed by atoms with Crippen molar-refractivity contribution in [2.75, 3.05) is 37.6 Å². The molecule has 170 valence electrons. The molecule has 33 heavy (non-hydrogen) atoms. The van der Waals surface area contributed by atoms with Gasteiger partial charge in [0.1, 0.15) is 18.2 Å². The van der Waals surface area contributed by atoms with Crippen molar-refractivity contribution in [3.05, 3.63) is 87.6 Å². The fraction of sp³-hybridized carbons (Fsp3) is 0.240. The van der Waals surface area contributed by atoms with Crippen molar-refractivity contribution in [1.29, 1.82) is 0 Å². The molecule has 2 heterocycles. The molecule has 0 saturated carbocycles. The molecular weight excluding hydrogens is 531 g/mol. The summed E-state index contributed by atoms with van der Waals surface area (Å²) in [5.41, 5.74) is 1.66. The minimum absolute atomic E-state index is 0.00345. The van der Waals surface area contributed by atoms with Crippen molar-refractivity contribution >= 4 is 40.2 Å². The molecule has 1 N–H and O–H groups in total. The molecule has 0 unspecified atom stereocenters. The lowest BCUT2D eigenvalue weighted by atomic mass is 10.2. The number of carbonyl (C=O) groups excluding carboxylic acids is 2. The molecule has 2 aromatic carbocycles. The number of amides is 2. The van der Waals surface area contributed by atoms with E-state index in [4.69, 9.17) is 4.74 Å². The quantitative estimate of drug-likeness (QED) is 0.452. The molecule has 3 aromatic rings. The van der Waals surface area contributed by atoms with Crippen LogP contribution in [0.2, 0.25) is 0 Å². The second-order valence-corrected chi connectivity index (χ2v) is 8.93. The molecule has 0 bridgehead atoms. The summed E-state index contributed by atoms with van der Waals surface area (Å²) in [5, 5.41) is 2.72. The predicted octanol–water partition coefficient (Wildman–Crippen LogP) is 3.34. The summed E-state index contributed by atoms with van der Waals surface area (Å²) in [5.74, 6) is 1.27. The molecule has 1 aliphatic heterocycles. The Morgan fingerprint density at radius 2 is 1.67 bits per heavy atom. The van der Waals surface area contributed by atoms with Crippen molar-refractivity contribution in [2.24, 2.45) is 0 Å². The molecule has 2 amide bonds. The molecule has 0 atom stereocenters. The van der Waals surface area contributed by atoms with Crippen LogP contribution < -0.4 is 15.0 Å². The van der Waals surface area contributed by atoms with Crippen LogP contribution >= 0.6 is 22.6 Å². The number of rotatable bonds is 7. The maximum atomic E-state index is 12.5. The third-order valence-electron chi connectivity index (χ3n) is 5.43. The molecule has 4 rings (SSSR count). The minimum atomic E-state index is -0.239. The molecule has 0 aliphatic carbocycles. The van der Waals surface area contributed by atoms with E-state index in [2.05, 4.69) is 37.8 Å². The van der Waals surface area contributed by atoms with Crippen LogP contribution in [0.4, 0.5) is 5.82 Å². The third-order valence-corrected chi connectivity index (χ3v) is 6.15. The van der Waals surface area contributed by atoms with Gasteiger partial charge in [0.2, 0.25) is 5.91 Å². The zero-order valence-corrected chi connectivity index (χ0v) is 20.3. The highest BCUT2D eigenvalue weighted by molar-refractivity contribution is 14.1. The van der Waals surface area contributed by atoms with Crippen LogP contribution in [0.5, 0.6) is 5.75 Å². The average Bonchev–Trinajstić information content (AvgIpc) is 2.87. The minimum Gasteiger partial charge on any atom is -0.487 e. The molecule has 8 heteroatoms. The molecule has 7 nitrogen and oxygen atoms in total. The van der Waals surface area contributed by atoms with Crippen LogP contribution in [-0.2, 0) is 11.4 Å². The standard InChI is InChI=1S/C25H25IN4O3/c26-21-8-6-20(7-9-21)25(32)28-17-24(31)30-14-12-29(13-15-30)23-11-10-22(16-27-23)33-18-19-4-2-1-3-5-19/h1-11,16H,12-15,17-18H2,(H,28,32). The molecule has 1 fully saturated rings. The highest BCUT2D eigenvalue weighted by atomic mass is 127. The van der Waals surface area contributed by atoms with E-state index in [1.807, 2.05) is 54.6 Å². The highest BCUT2D eigenvalue weighted by Gasteiger charge is 2.22. The summed E-state index contributed by atoms with van der Waals surface area (Å²) in [6.45, 7) is 3.06. The molecule has 1 aliphatic rings. The summed E-state index contributed by atoms with van der Waals surface area (Å²) in [7, 11) is 0. The number of ether oxygens (including phenoxy) is 1. The number of benzene rings is 2. The Balaban J connectivity index is 1.21. The van der Waals surface area contributed by atoms with Gasteiger partial charge in [0.05, 0.1) is 12.7 Å². The number of hydrogen-bond donors (Lipinski definition) is 1. The molecule has 0 radical (unpaired) electrons. The Labute approximate surface area is 206 Å². The van der Waals surface area contributed by atoms with Crippen molar-refractivity contribution in [3.63, 3.8) is 0 Å². The fourth-order valence-electron chi connectivity index (χ4n) is 3.54. The van der Waals surface area contributed by atoms with Gasteiger partial charge in [0, 0.05) is 35.3 Å². The number of pyridine rings is 1. The van der Waals surface area contributed by atoms with Crippen molar-refractivity contribution in [3.8, 4) is 5.75 Å².